The Hall–Kier alpha value is -2.03. The predicted octanol–water partition coefficient (Wildman–Crippen LogP) is 3.78. The van der Waals surface area contributed by atoms with Gasteiger partial charge in [-0.3, -0.25) is 0 Å². The van der Waals surface area contributed by atoms with Crippen molar-refractivity contribution >= 4 is 5.97 Å². The first-order valence-corrected chi connectivity index (χ1v) is 6.47. The monoisotopic (exact) mass is 257 g/mol. The lowest BCUT2D eigenvalue weighted by Gasteiger charge is -2.12. The van der Waals surface area contributed by atoms with E-state index in [-0.39, 0.29) is 5.97 Å². The number of aryl methyl sites for hydroxylation is 3. The number of aromatic amines is 1. The fourth-order valence-electron chi connectivity index (χ4n) is 2.55. The molecule has 1 aromatic heterocycles. The van der Waals surface area contributed by atoms with Crippen molar-refractivity contribution in [2.45, 2.75) is 27.7 Å². The highest BCUT2D eigenvalue weighted by atomic mass is 16.5. The third kappa shape index (κ3) is 2.55. The highest BCUT2D eigenvalue weighted by Crippen LogP contribution is 2.31. The number of carbonyl (C=O) groups excluding carboxylic acids is 1. The lowest BCUT2D eigenvalue weighted by molar-refractivity contribution is 0.0521. The molecule has 2 aromatic rings. The fraction of sp³-hybridized carbons (Fsp3) is 0.312. The zero-order valence-corrected chi connectivity index (χ0v) is 11.8. The van der Waals surface area contributed by atoms with Gasteiger partial charge in [-0.2, -0.15) is 0 Å². The Morgan fingerprint density at radius 3 is 2.42 bits per heavy atom. The van der Waals surface area contributed by atoms with Crippen LogP contribution in [0, 0.1) is 20.8 Å². The number of hydrogen-bond acceptors (Lipinski definition) is 2. The van der Waals surface area contributed by atoms with E-state index in [0.29, 0.717) is 12.3 Å². The first kappa shape index (κ1) is 13.4. The van der Waals surface area contributed by atoms with Crippen LogP contribution in [0.15, 0.2) is 24.4 Å². The molecule has 0 atom stereocenters. The molecule has 3 nitrogen and oxygen atoms in total. The molecule has 100 valence electrons. The first-order chi connectivity index (χ1) is 9.04. The number of esters is 1. The lowest BCUT2D eigenvalue weighted by Crippen LogP contribution is -2.07. The second-order valence-corrected chi connectivity index (χ2v) is 4.76. The molecule has 0 radical (unpaired) electrons. The summed E-state index contributed by atoms with van der Waals surface area (Å²) in [6.07, 6.45) is 1.78. The molecule has 19 heavy (non-hydrogen) atoms. The number of nitrogens with one attached hydrogen (secondary N) is 1. The van der Waals surface area contributed by atoms with Gasteiger partial charge in [-0.05, 0) is 50.5 Å². The van der Waals surface area contributed by atoms with Crippen molar-refractivity contribution < 1.29 is 9.53 Å². The number of benzene rings is 1. The van der Waals surface area contributed by atoms with Crippen LogP contribution in [0.25, 0.3) is 11.1 Å². The second kappa shape index (κ2) is 5.31. The molecule has 0 spiro atoms. The molecule has 0 saturated carbocycles. The van der Waals surface area contributed by atoms with E-state index < -0.39 is 0 Å². The van der Waals surface area contributed by atoms with Crippen LogP contribution in [0.1, 0.15) is 34.1 Å². The van der Waals surface area contributed by atoms with Gasteiger partial charge < -0.3 is 9.72 Å². The van der Waals surface area contributed by atoms with Crippen LogP contribution in [0.4, 0.5) is 0 Å². The Morgan fingerprint density at radius 1 is 1.21 bits per heavy atom. The summed E-state index contributed by atoms with van der Waals surface area (Å²) in [4.78, 5) is 14.9. The summed E-state index contributed by atoms with van der Waals surface area (Å²) in [5.74, 6) is -0.304. The Balaban J connectivity index is 2.55. The zero-order chi connectivity index (χ0) is 14.0. The number of H-pyrrole nitrogens is 1. The Labute approximate surface area is 113 Å². The summed E-state index contributed by atoms with van der Waals surface area (Å²) in [6.45, 7) is 8.40. The van der Waals surface area contributed by atoms with E-state index in [1.54, 1.807) is 6.20 Å². The minimum Gasteiger partial charge on any atom is -0.461 e. The SMILES string of the molecule is CCOC(=O)c1[nH]ccc1-c1c(C)cc(C)cc1C. The van der Waals surface area contributed by atoms with E-state index in [0.717, 1.165) is 11.1 Å². The molecule has 1 aromatic carbocycles. The average molecular weight is 257 g/mol. The van der Waals surface area contributed by atoms with Crippen molar-refractivity contribution in [1.82, 2.24) is 4.98 Å². The normalized spacial score (nSPS) is 10.5. The summed E-state index contributed by atoms with van der Waals surface area (Å²) in [5, 5.41) is 0. The minimum atomic E-state index is -0.304. The maximum atomic E-state index is 11.9. The van der Waals surface area contributed by atoms with Crippen LogP contribution < -0.4 is 0 Å². The number of carbonyl (C=O) groups is 1. The summed E-state index contributed by atoms with van der Waals surface area (Å²) in [5.41, 5.74) is 6.11. The van der Waals surface area contributed by atoms with Crippen molar-refractivity contribution in [3.8, 4) is 11.1 Å². The van der Waals surface area contributed by atoms with Gasteiger partial charge in [0.1, 0.15) is 5.69 Å². The molecule has 2 rings (SSSR count). The lowest BCUT2D eigenvalue weighted by atomic mass is 9.94. The maximum absolute atomic E-state index is 11.9. The van der Waals surface area contributed by atoms with E-state index in [9.17, 15) is 4.79 Å². The van der Waals surface area contributed by atoms with Crippen LogP contribution in [0.3, 0.4) is 0 Å². The predicted molar refractivity (Wildman–Crippen MR) is 76.4 cm³/mol. The van der Waals surface area contributed by atoms with Crippen molar-refractivity contribution in [3.05, 3.63) is 46.8 Å². The molecule has 0 bridgehead atoms. The van der Waals surface area contributed by atoms with Crippen molar-refractivity contribution in [3.63, 3.8) is 0 Å². The third-order valence-electron chi connectivity index (χ3n) is 3.17. The molecule has 1 N–H and O–H groups in total. The van der Waals surface area contributed by atoms with Crippen molar-refractivity contribution in [2.75, 3.05) is 6.61 Å². The standard InChI is InChI=1S/C16H19NO2/c1-5-19-16(18)15-13(6-7-17-15)14-11(3)8-10(2)9-12(14)4/h6-9,17H,5H2,1-4H3. The van der Waals surface area contributed by atoms with Gasteiger partial charge in [-0.15, -0.1) is 0 Å². The minimum absolute atomic E-state index is 0.304. The highest BCUT2D eigenvalue weighted by molar-refractivity contribution is 5.96. The number of aromatic nitrogens is 1. The zero-order valence-electron chi connectivity index (χ0n) is 11.8. The smallest absolute Gasteiger partial charge is 0.355 e. The van der Waals surface area contributed by atoms with E-state index in [1.165, 1.54) is 16.7 Å². The third-order valence-corrected chi connectivity index (χ3v) is 3.17. The topological polar surface area (TPSA) is 42.1 Å². The molecule has 0 unspecified atom stereocenters. The van der Waals surface area contributed by atoms with Crippen molar-refractivity contribution in [1.29, 1.82) is 0 Å². The molecule has 0 amide bonds. The van der Waals surface area contributed by atoms with Gasteiger partial charge in [-0.25, -0.2) is 4.79 Å². The Kier molecular flexibility index (Phi) is 3.74. The van der Waals surface area contributed by atoms with Crippen LogP contribution in [0.5, 0.6) is 0 Å². The van der Waals surface area contributed by atoms with Crippen molar-refractivity contribution in [2.24, 2.45) is 0 Å². The summed E-state index contributed by atoms with van der Waals surface area (Å²) in [6, 6.07) is 6.19. The molecule has 3 heteroatoms. The van der Waals surface area contributed by atoms with Gasteiger partial charge in [0.05, 0.1) is 6.61 Å². The number of ether oxygens (including phenoxy) is 1. The largest absolute Gasteiger partial charge is 0.461 e. The van der Waals surface area contributed by atoms with E-state index >= 15 is 0 Å². The first-order valence-electron chi connectivity index (χ1n) is 6.47. The Morgan fingerprint density at radius 2 is 1.84 bits per heavy atom. The molecular formula is C16H19NO2. The molecule has 0 aliphatic rings. The van der Waals surface area contributed by atoms with Crippen LogP contribution >= 0.6 is 0 Å². The van der Waals surface area contributed by atoms with Gasteiger partial charge in [0, 0.05) is 11.8 Å². The average Bonchev–Trinajstić information content (AvgIpc) is 2.77. The second-order valence-electron chi connectivity index (χ2n) is 4.76. The van der Waals surface area contributed by atoms with Gasteiger partial charge in [0.2, 0.25) is 0 Å². The molecule has 1 heterocycles. The Bertz CT molecular complexity index is 588. The van der Waals surface area contributed by atoms with E-state index in [4.69, 9.17) is 4.74 Å². The summed E-state index contributed by atoms with van der Waals surface area (Å²) < 4.78 is 5.08. The van der Waals surface area contributed by atoms with Crippen LogP contribution in [-0.2, 0) is 4.74 Å². The fourth-order valence-corrected chi connectivity index (χ4v) is 2.55. The molecule has 0 saturated heterocycles. The van der Waals surface area contributed by atoms with Gasteiger partial charge in [0.15, 0.2) is 0 Å². The van der Waals surface area contributed by atoms with E-state index in [1.807, 2.05) is 13.0 Å². The van der Waals surface area contributed by atoms with Gasteiger partial charge in [0.25, 0.3) is 0 Å². The highest BCUT2D eigenvalue weighted by Gasteiger charge is 2.18. The number of hydrogen-bond donors (Lipinski definition) is 1. The van der Waals surface area contributed by atoms with Gasteiger partial charge >= 0.3 is 5.97 Å². The molecule has 0 aliphatic heterocycles. The van der Waals surface area contributed by atoms with Crippen LogP contribution in [-0.4, -0.2) is 17.6 Å². The quantitative estimate of drug-likeness (QED) is 0.850. The molecule has 0 fully saturated rings. The van der Waals surface area contributed by atoms with Crippen LogP contribution in [0.2, 0.25) is 0 Å². The summed E-state index contributed by atoms with van der Waals surface area (Å²) in [7, 11) is 0. The number of rotatable bonds is 3. The maximum Gasteiger partial charge on any atom is 0.355 e. The molecule has 0 aliphatic carbocycles. The molecular weight excluding hydrogens is 238 g/mol. The van der Waals surface area contributed by atoms with E-state index in [2.05, 4.69) is 37.9 Å². The summed E-state index contributed by atoms with van der Waals surface area (Å²) >= 11 is 0. The van der Waals surface area contributed by atoms with Gasteiger partial charge in [-0.1, -0.05) is 17.7 Å².